The van der Waals surface area contributed by atoms with E-state index in [2.05, 4.69) is 10.3 Å². The van der Waals surface area contributed by atoms with Crippen molar-refractivity contribution < 1.29 is 50.3 Å². The first-order valence-electron chi connectivity index (χ1n) is 8.32. The van der Waals surface area contributed by atoms with E-state index in [1.165, 1.54) is 6.20 Å². The number of rotatable bonds is 4. The van der Waals surface area contributed by atoms with Crippen LogP contribution in [0.25, 0.3) is 0 Å². The van der Waals surface area contributed by atoms with E-state index in [0.717, 1.165) is 4.68 Å². The van der Waals surface area contributed by atoms with E-state index < -0.39 is 74.4 Å². The van der Waals surface area contributed by atoms with E-state index in [9.17, 15) is 40.9 Å². The summed E-state index contributed by atoms with van der Waals surface area (Å²) >= 11 is 0. The van der Waals surface area contributed by atoms with E-state index in [-0.39, 0.29) is 5.69 Å². The second kappa shape index (κ2) is 8.00. The summed E-state index contributed by atoms with van der Waals surface area (Å²) in [5.41, 5.74) is 0.00357. The molecule has 13 nitrogen and oxygen atoms in total. The standard InChI is InChI=1S/C14H23N3O10/c18-2-5-7(20)9(22)11(24)13(26-5)4-1-17(16-15-4)14-12(25)10(23)8(21)6(3-19)27-14/h1,5-14,18-25H,2-3H2. The first-order chi connectivity index (χ1) is 12.8. The fourth-order valence-corrected chi connectivity index (χ4v) is 3.19. The predicted molar refractivity (Wildman–Crippen MR) is 81.8 cm³/mol. The minimum atomic E-state index is -1.61. The number of ether oxygens (including phenoxy) is 2. The van der Waals surface area contributed by atoms with Crippen molar-refractivity contribution in [2.45, 2.75) is 61.2 Å². The highest BCUT2D eigenvalue weighted by Gasteiger charge is 2.47. The molecule has 0 amide bonds. The molecule has 2 aliphatic rings. The molecule has 10 unspecified atom stereocenters. The number of aliphatic hydroxyl groups excluding tert-OH is 8. The van der Waals surface area contributed by atoms with Gasteiger partial charge >= 0.3 is 0 Å². The molecular weight excluding hydrogens is 370 g/mol. The van der Waals surface area contributed by atoms with Crippen molar-refractivity contribution >= 4 is 0 Å². The van der Waals surface area contributed by atoms with Gasteiger partial charge < -0.3 is 50.3 Å². The highest BCUT2D eigenvalue weighted by Crippen LogP contribution is 2.33. The molecule has 3 rings (SSSR count). The van der Waals surface area contributed by atoms with Crippen LogP contribution in [0.3, 0.4) is 0 Å². The van der Waals surface area contributed by atoms with Crippen molar-refractivity contribution in [2.24, 2.45) is 0 Å². The minimum Gasteiger partial charge on any atom is -0.394 e. The predicted octanol–water partition coefficient (Wildman–Crippen LogP) is -5.23. The Morgan fingerprint density at radius 1 is 0.778 bits per heavy atom. The Bertz CT molecular complexity index is 578. The lowest BCUT2D eigenvalue weighted by Gasteiger charge is -2.40. The Kier molecular flexibility index (Phi) is 6.07. The lowest BCUT2D eigenvalue weighted by molar-refractivity contribution is -0.254. The summed E-state index contributed by atoms with van der Waals surface area (Å²) in [7, 11) is 0. The van der Waals surface area contributed by atoms with Crippen molar-refractivity contribution in [3.8, 4) is 0 Å². The molecule has 0 aliphatic carbocycles. The highest BCUT2D eigenvalue weighted by atomic mass is 16.6. The number of hydrogen-bond acceptors (Lipinski definition) is 12. The number of aliphatic hydroxyl groups is 8. The maximum Gasteiger partial charge on any atom is 0.180 e. The summed E-state index contributed by atoms with van der Waals surface area (Å²) in [4.78, 5) is 0. The smallest absolute Gasteiger partial charge is 0.180 e. The quantitative estimate of drug-likeness (QED) is 0.241. The molecule has 8 N–H and O–H groups in total. The Balaban J connectivity index is 1.82. The summed E-state index contributed by atoms with van der Waals surface area (Å²) in [5.74, 6) is 0. The maximum atomic E-state index is 10.1. The highest BCUT2D eigenvalue weighted by molar-refractivity contribution is 5.07. The van der Waals surface area contributed by atoms with Crippen LogP contribution < -0.4 is 0 Å². The van der Waals surface area contributed by atoms with Gasteiger partial charge in [0.2, 0.25) is 0 Å². The van der Waals surface area contributed by atoms with Crippen molar-refractivity contribution in [2.75, 3.05) is 13.2 Å². The van der Waals surface area contributed by atoms with Crippen LogP contribution in [0.1, 0.15) is 18.0 Å². The second-order valence-electron chi connectivity index (χ2n) is 6.59. The molecule has 3 heterocycles. The van der Waals surface area contributed by atoms with Crippen molar-refractivity contribution in [1.29, 1.82) is 0 Å². The van der Waals surface area contributed by atoms with E-state index >= 15 is 0 Å². The van der Waals surface area contributed by atoms with E-state index in [1.54, 1.807) is 0 Å². The SMILES string of the molecule is OCC1OC(c2cn(C3OC(CO)C(O)C(O)C3O)nn2)C(O)C(O)C1O. The summed E-state index contributed by atoms with van der Waals surface area (Å²) in [5, 5.41) is 85.5. The molecule has 2 saturated heterocycles. The lowest BCUT2D eigenvalue weighted by atomic mass is 9.94. The van der Waals surface area contributed by atoms with Gasteiger partial charge in [0, 0.05) is 0 Å². The summed E-state index contributed by atoms with van der Waals surface area (Å²) in [6, 6.07) is 0. The molecule has 0 spiro atoms. The molecule has 27 heavy (non-hydrogen) atoms. The van der Waals surface area contributed by atoms with Gasteiger partial charge in [-0.05, 0) is 0 Å². The topological polar surface area (TPSA) is 211 Å². The normalized spacial score (nSPS) is 45.8. The molecular formula is C14H23N3O10. The van der Waals surface area contributed by atoms with Crippen LogP contribution in [-0.2, 0) is 9.47 Å². The third-order valence-electron chi connectivity index (χ3n) is 4.84. The molecule has 2 fully saturated rings. The zero-order valence-electron chi connectivity index (χ0n) is 14.0. The molecule has 10 atom stereocenters. The Morgan fingerprint density at radius 2 is 1.33 bits per heavy atom. The molecule has 0 saturated carbocycles. The first-order valence-corrected chi connectivity index (χ1v) is 8.32. The molecule has 0 bridgehead atoms. The summed E-state index contributed by atoms with van der Waals surface area (Å²) in [6.07, 6.45) is -13.0. The van der Waals surface area contributed by atoms with Crippen molar-refractivity contribution in [3.05, 3.63) is 11.9 Å². The van der Waals surface area contributed by atoms with Crippen LogP contribution in [-0.4, -0.2) is 118 Å². The maximum absolute atomic E-state index is 10.1. The van der Waals surface area contributed by atoms with Crippen LogP contribution in [0.5, 0.6) is 0 Å². The summed E-state index contributed by atoms with van der Waals surface area (Å²) < 4.78 is 11.7. The Hall–Kier alpha value is -1.26. The monoisotopic (exact) mass is 393 g/mol. The lowest BCUT2D eigenvalue weighted by Crippen LogP contribution is -2.56. The van der Waals surface area contributed by atoms with Crippen LogP contribution >= 0.6 is 0 Å². The van der Waals surface area contributed by atoms with Gasteiger partial charge in [0.05, 0.1) is 19.4 Å². The van der Waals surface area contributed by atoms with E-state index in [1.807, 2.05) is 0 Å². The average Bonchev–Trinajstić information content (AvgIpc) is 3.14. The molecule has 2 aliphatic heterocycles. The van der Waals surface area contributed by atoms with Crippen molar-refractivity contribution in [1.82, 2.24) is 15.0 Å². The van der Waals surface area contributed by atoms with Gasteiger partial charge in [-0.1, -0.05) is 5.21 Å². The largest absolute Gasteiger partial charge is 0.394 e. The molecule has 0 radical (unpaired) electrons. The molecule has 1 aromatic heterocycles. The van der Waals surface area contributed by atoms with Gasteiger partial charge in [0.25, 0.3) is 0 Å². The van der Waals surface area contributed by atoms with Crippen LogP contribution in [0.15, 0.2) is 6.20 Å². The molecule has 13 heteroatoms. The van der Waals surface area contributed by atoms with Gasteiger partial charge in [-0.25, -0.2) is 4.68 Å². The zero-order valence-corrected chi connectivity index (χ0v) is 14.0. The third-order valence-corrected chi connectivity index (χ3v) is 4.84. The minimum absolute atomic E-state index is 0.00357. The van der Waals surface area contributed by atoms with Crippen molar-refractivity contribution in [3.63, 3.8) is 0 Å². The van der Waals surface area contributed by atoms with Gasteiger partial charge in [0.15, 0.2) is 6.23 Å². The Morgan fingerprint density at radius 3 is 1.93 bits per heavy atom. The Labute approximate surface area is 152 Å². The number of nitrogens with zero attached hydrogens (tertiary/aromatic N) is 3. The first kappa shape index (κ1) is 20.5. The van der Waals surface area contributed by atoms with Gasteiger partial charge in [-0.2, -0.15) is 0 Å². The van der Waals surface area contributed by atoms with Gasteiger partial charge in [0.1, 0.15) is 60.6 Å². The average molecular weight is 393 g/mol. The van der Waals surface area contributed by atoms with Crippen LogP contribution in [0.2, 0.25) is 0 Å². The molecule has 1 aromatic rings. The third kappa shape index (κ3) is 3.58. The van der Waals surface area contributed by atoms with Gasteiger partial charge in [-0.15, -0.1) is 5.10 Å². The molecule has 154 valence electrons. The van der Waals surface area contributed by atoms with Crippen LogP contribution in [0, 0.1) is 0 Å². The fourth-order valence-electron chi connectivity index (χ4n) is 3.19. The van der Waals surface area contributed by atoms with E-state index in [4.69, 9.17) is 9.47 Å². The zero-order chi connectivity index (χ0) is 19.9. The van der Waals surface area contributed by atoms with Crippen LogP contribution in [0.4, 0.5) is 0 Å². The molecule has 0 aromatic carbocycles. The number of hydrogen-bond donors (Lipinski definition) is 8. The fraction of sp³-hybridized carbons (Fsp3) is 0.857. The van der Waals surface area contributed by atoms with Gasteiger partial charge in [-0.3, -0.25) is 0 Å². The summed E-state index contributed by atoms with van der Waals surface area (Å²) in [6.45, 7) is -1.22. The number of aromatic nitrogens is 3. The van der Waals surface area contributed by atoms with E-state index in [0.29, 0.717) is 0 Å². The second-order valence-corrected chi connectivity index (χ2v) is 6.59.